The third kappa shape index (κ3) is 12.3. The Morgan fingerprint density at radius 3 is 2.21 bits per heavy atom. The van der Waals surface area contributed by atoms with Gasteiger partial charge in [-0.05, 0) is 39.7 Å². The molecule has 0 spiro atoms. The third-order valence-electron chi connectivity index (χ3n) is 5.25. The summed E-state index contributed by atoms with van der Waals surface area (Å²) in [6.45, 7) is 5.72. The van der Waals surface area contributed by atoms with E-state index < -0.39 is 44.5 Å². The number of alkyl carbamates (subject to hydrolysis) is 1. The van der Waals surface area contributed by atoms with E-state index in [1.165, 1.54) is 29.1 Å². The van der Waals surface area contributed by atoms with Crippen LogP contribution in [-0.2, 0) is 31.6 Å². The van der Waals surface area contributed by atoms with Crippen molar-refractivity contribution >= 4 is 27.2 Å². The zero-order valence-electron chi connectivity index (χ0n) is 21.8. The monoisotopic (exact) mass is 584 g/mol. The standard InChI is InChI=1S/C22H39N3O11P2/c1-21(2,3)36-20(28)23-11-7-5-4-6-10-19(27)24-14-18(26)16-25-12-8-9-17(15-25)13-22(29,37(30,31)32)38(33,34)35/h8-9,12,15,18,26,29H,4-7,10-11,13-14,16H2,1-3H3,(H5-,23,24,27,28,30,31,32,33,34,35)/p+1. The van der Waals surface area contributed by atoms with Crippen LogP contribution in [0.4, 0.5) is 4.79 Å². The van der Waals surface area contributed by atoms with Crippen LogP contribution in [0.5, 0.6) is 0 Å². The van der Waals surface area contributed by atoms with Crippen LogP contribution in [-0.4, -0.2) is 71.7 Å². The average molecular weight is 585 g/mol. The van der Waals surface area contributed by atoms with Crippen molar-refractivity contribution in [3.63, 3.8) is 0 Å². The Kier molecular flexibility index (Phi) is 13.0. The number of aliphatic hydroxyl groups is 2. The summed E-state index contributed by atoms with van der Waals surface area (Å²) in [6, 6.07) is 2.73. The van der Waals surface area contributed by atoms with Crippen LogP contribution < -0.4 is 15.2 Å². The number of ether oxygens (including phenoxy) is 1. The molecule has 2 amide bonds. The van der Waals surface area contributed by atoms with Gasteiger partial charge in [-0.25, -0.2) is 9.36 Å². The molecule has 0 fully saturated rings. The van der Waals surface area contributed by atoms with Gasteiger partial charge in [-0.2, -0.15) is 0 Å². The molecule has 1 unspecified atom stereocenters. The summed E-state index contributed by atoms with van der Waals surface area (Å²) in [5, 5.41) is 22.0. The van der Waals surface area contributed by atoms with Gasteiger partial charge in [0.15, 0.2) is 18.9 Å². The minimum atomic E-state index is -5.60. The summed E-state index contributed by atoms with van der Waals surface area (Å²) in [6.07, 6.45) is 3.50. The van der Waals surface area contributed by atoms with E-state index in [1.807, 2.05) is 0 Å². The SMILES string of the molecule is CC(C)(C)OC(=O)NCCCCCCC(=O)NCC(O)C[n+]1cccc(CC(O)(P(=O)(O)O)P(=O)(O)O)c1. The molecule has 0 radical (unpaired) electrons. The van der Waals surface area contributed by atoms with Crippen molar-refractivity contribution in [2.75, 3.05) is 13.1 Å². The summed E-state index contributed by atoms with van der Waals surface area (Å²) in [4.78, 5) is 60.8. The number of hydrogen-bond donors (Lipinski definition) is 8. The number of carbonyl (C=O) groups excluding carboxylic acids is 2. The van der Waals surface area contributed by atoms with Gasteiger partial charge in [0.1, 0.15) is 11.7 Å². The van der Waals surface area contributed by atoms with E-state index in [1.54, 1.807) is 20.8 Å². The number of aromatic nitrogens is 1. The van der Waals surface area contributed by atoms with Crippen LogP contribution in [0.25, 0.3) is 0 Å². The zero-order chi connectivity index (χ0) is 29.2. The van der Waals surface area contributed by atoms with Crippen molar-refractivity contribution in [3.05, 3.63) is 30.1 Å². The van der Waals surface area contributed by atoms with Crippen LogP contribution in [0.3, 0.4) is 0 Å². The molecule has 16 heteroatoms. The average Bonchev–Trinajstić information content (AvgIpc) is 2.74. The molecule has 1 aromatic heterocycles. The number of nitrogens with one attached hydrogen (secondary N) is 2. The molecule has 0 saturated carbocycles. The summed E-state index contributed by atoms with van der Waals surface area (Å²) in [5.41, 5.74) is -0.540. The molecule has 1 atom stereocenters. The minimum Gasteiger partial charge on any atom is -0.444 e. The largest absolute Gasteiger partial charge is 0.444 e. The molecule has 0 saturated heterocycles. The Labute approximate surface area is 221 Å². The zero-order valence-corrected chi connectivity index (χ0v) is 23.6. The van der Waals surface area contributed by atoms with Crippen LogP contribution in [0.1, 0.15) is 58.4 Å². The van der Waals surface area contributed by atoms with Gasteiger partial charge in [-0.15, -0.1) is 0 Å². The number of carbonyl (C=O) groups is 2. The van der Waals surface area contributed by atoms with E-state index in [2.05, 4.69) is 10.6 Å². The number of rotatable bonds is 15. The highest BCUT2D eigenvalue weighted by Crippen LogP contribution is 2.68. The fraction of sp³-hybridized carbons (Fsp3) is 0.682. The maximum Gasteiger partial charge on any atom is 0.407 e. The Bertz CT molecular complexity index is 998. The van der Waals surface area contributed by atoms with E-state index in [9.17, 15) is 48.5 Å². The minimum absolute atomic E-state index is 0.0131. The first-order chi connectivity index (χ1) is 17.3. The van der Waals surface area contributed by atoms with E-state index in [0.717, 1.165) is 19.3 Å². The molecule has 8 N–H and O–H groups in total. The lowest BCUT2D eigenvalue weighted by Gasteiger charge is -2.28. The molecule has 218 valence electrons. The van der Waals surface area contributed by atoms with Crippen LogP contribution in [0.15, 0.2) is 24.5 Å². The van der Waals surface area contributed by atoms with Crippen molar-refractivity contribution < 1.29 is 57.8 Å². The smallest absolute Gasteiger partial charge is 0.407 e. The second kappa shape index (κ2) is 14.5. The van der Waals surface area contributed by atoms with E-state index in [0.29, 0.717) is 13.0 Å². The fourth-order valence-corrected chi connectivity index (χ4v) is 5.48. The highest BCUT2D eigenvalue weighted by Gasteiger charge is 2.59. The summed E-state index contributed by atoms with van der Waals surface area (Å²) in [5.74, 6) is -0.247. The quantitative estimate of drug-likeness (QED) is 0.0803. The number of pyridine rings is 1. The van der Waals surface area contributed by atoms with Crippen molar-refractivity contribution in [1.29, 1.82) is 0 Å². The number of aliphatic hydroxyl groups excluding tert-OH is 1. The van der Waals surface area contributed by atoms with E-state index in [4.69, 9.17) is 4.74 Å². The van der Waals surface area contributed by atoms with Crippen molar-refractivity contribution in [2.24, 2.45) is 0 Å². The first-order valence-electron chi connectivity index (χ1n) is 12.1. The first-order valence-corrected chi connectivity index (χ1v) is 15.3. The molecule has 1 rings (SSSR count). The van der Waals surface area contributed by atoms with Gasteiger partial charge in [0.05, 0.1) is 0 Å². The summed E-state index contributed by atoms with van der Waals surface area (Å²) < 4.78 is 29.7. The molecular formula is C22H40N3O11P2+. The van der Waals surface area contributed by atoms with Crippen molar-refractivity contribution in [3.8, 4) is 0 Å². The number of unbranched alkanes of at least 4 members (excludes halogenated alkanes) is 3. The molecule has 0 aliphatic rings. The number of hydrogen-bond acceptors (Lipinski definition) is 7. The van der Waals surface area contributed by atoms with Gasteiger partial charge in [0, 0.05) is 37.6 Å². The topological polar surface area (TPSA) is 227 Å². The molecule has 1 aromatic rings. The molecule has 38 heavy (non-hydrogen) atoms. The molecule has 0 aliphatic heterocycles. The molecule has 1 heterocycles. The van der Waals surface area contributed by atoms with Gasteiger partial charge in [0.2, 0.25) is 5.91 Å². The second-order valence-corrected chi connectivity index (χ2v) is 14.0. The van der Waals surface area contributed by atoms with Gasteiger partial charge in [-0.1, -0.05) is 12.8 Å². The normalized spacial score (nSPS) is 13.6. The van der Waals surface area contributed by atoms with Gasteiger partial charge in [-0.3, -0.25) is 13.9 Å². The predicted octanol–water partition coefficient (Wildman–Crippen LogP) is 0.470. The highest BCUT2D eigenvalue weighted by molar-refractivity contribution is 7.72. The first kappa shape index (κ1) is 34.1. The Hall–Kier alpha value is -1.89. The van der Waals surface area contributed by atoms with E-state index >= 15 is 0 Å². The van der Waals surface area contributed by atoms with Crippen LogP contribution in [0, 0.1) is 0 Å². The van der Waals surface area contributed by atoms with Gasteiger partial charge < -0.3 is 45.2 Å². The van der Waals surface area contributed by atoms with Crippen molar-refractivity contribution in [1.82, 2.24) is 10.6 Å². The maximum absolute atomic E-state index is 12.0. The predicted molar refractivity (Wildman–Crippen MR) is 136 cm³/mol. The Morgan fingerprint density at radius 1 is 1.03 bits per heavy atom. The molecule has 0 aromatic carbocycles. The molecule has 14 nitrogen and oxygen atoms in total. The highest BCUT2D eigenvalue weighted by atomic mass is 31.2. The second-order valence-electron chi connectivity index (χ2n) is 10.00. The molecular weight excluding hydrogens is 544 g/mol. The fourth-order valence-electron chi connectivity index (χ4n) is 3.34. The van der Waals surface area contributed by atoms with Gasteiger partial charge >= 0.3 is 21.3 Å². The van der Waals surface area contributed by atoms with Crippen molar-refractivity contribution in [2.45, 2.75) is 82.6 Å². The van der Waals surface area contributed by atoms with Crippen LogP contribution >= 0.6 is 15.2 Å². The summed E-state index contributed by atoms with van der Waals surface area (Å²) in [7, 11) is -11.2. The lowest BCUT2D eigenvalue weighted by Crippen LogP contribution is -2.44. The Morgan fingerprint density at radius 2 is 1.63 bits per heavy atom. The lowest BCUT2D eigenvalue weighted by atomic mass is 10.1. The van der Waals surface area contributed by atoms with Gasteiger partial charge in [0.25, 0.3) is 5.08 Å². The summed E-state index contributed by atoms with van der Waals surface area (Å²) >= 11 is 0. The number of amides is 2. The third-order valence-corrected chi connectivity index (χ3v) is 8.99. The Balaban J connectivity index is 2.39. The maximum atomic E-state index is 12.0. The molecule has 0 bridgehead atoms. The lowest BCUT2D eigenvalue weighted by molar-refractivity contribution is -0.703. The number of nitrogens with zero attached hydrogens (tertiary/aromatic N) is 1. The molecule has 0 aliphatic carbocycles. The van der Waals surface area contributed by atoms with E-state index in [-0.39, 0.29) is 31.0 Å². The van der Waals surface area contributed by atoms with Crippen LogP contribution in [0.2, 0.25) is 0 Å².